The van der Waals surface area contributed by atoms with Gasteiger partial charge in [-0.05, 0) is 39.0 Å². The van der Waals surface area contributed by atoms with Gasteiger partial charge in [0.1, 0.15) is 17.2 Å². The molecule has 0 spiro atoms. The predicted molar refractivity (Wildman–Crippen MR) is 65.3 cm³/mol. The van der Waals surface area contributed by atoms with E-state index in [1.165, 1.54) is 0 Å². The number of carbonyl (C=O) groups is 1. The molecule has 0 aliphatic rings. The maximum absolute atomic E-state index is 13.2. The van der Waals surface area contributed by atoms with E-state index < -0.39 is 17.2 Å². The minimum Gasteiger partial charge on any atom is -0.460 e. The van der Waals surface area contributed by atoms with Crippen LogP contribution < -0.4 is 5.32 Å². The maximum atomic E-state index is 13.2. The first kappa shape index (κ1) is 14.4. The fraction of sp³-hybridized carbons (Fsp3) is 0.462. The zero-order chi connectivity index (χ0) is 13.8. The number of nitrogens with one attached hydrogen (secondary N) is 1. The van der Waals surface area contributed by atoms with Crippen molar-refractivity contribution in [3.05, 3.63) is 29.8 Å². The van der Waals surface area contributed by atoms with E-state index in [0.717, 1.165) is 18.2 Å². The molecule has 0 fully saturated rings. The first-order valence-electron chi connectivity index (χ1n) is 5.69. The number of anilines is 1. The van der Waals surface area contributed by atoms with Gasteiger partial charge >= 0.3 is 5.97 Å². The summed E-state index contributed by atoms with van der Waals surface area (Å²) in [6.07, 6.45) is 0.0905. The predicted octanol–water partition coefficient (Wildman–Crippen LogP) is 3.11. The van der Waals surface area contributed by atoms with Crippen molar-refractivity contribution in [2.45, 2.75) is 32.8 Å². The van der Waals surface area contributed by atoms with Crippen LogP contribution in [-0.2, 0) is 9.53 Å². The Balaban J connectivity index is 2.42. The molecule has 0 heterocycles. The molecule has 5 heteroatoms. The van der Waals surface area contributed by atoms with Crippen LogP contribution in [0.2, 0.25) is 0 Å². The summed E-state index contributed by atoms with van der Waals surface area (Å²) in [7, 11) is 0. The van der Waals surface area contributed by atoms with Crippen molar-refractivity contribution in [2.75, 3.05) is 11.9 Å². The van der Waals surface area contributed by atoms with E-state index >= 15 is 0 Å². The Morgan fingerprint density at radius 2 is 2.00 bits per heavy atom. The molecule has 0 aromatic heterocycles. The van der Waals surface area contributed by atoms with Crippen LogP contribution in [0.5, 0.6) is 0 Å². The van der Waals surface area contributed by atoms with Crippen molar-refractivity contribution >= 4 is 11.7 Å². The number of carbonyl (C=O) groups excluding carboxylic acids is 1. The molecular formula is C13H17F2NO2. The van der Waals surface area contributed by atoms with Gasteiger partial charge in [-0.2, -0.15) is 0 Å². The van der Waals surface area contributed by atoms with E-state index in [1.54, 1.807) is 20.8 Å². The van der Waals surface area contributed by atoms with Crippen molar-refractivity contribution in [1.82, 2.24) is 0 Å². The van der Waals surface area contributed by atoms with Crippen LogP contribution in [0.1, 0.15) is 27.2 Å². The third-order valence-corrected chi connectivity index (χ3v) is 1.99. The van der Waals surface area contributed by atoms with Crippen molar-refractivity contribution in [2.24, 2.45) is 0 Å². The van der Waals surface area contributed by atoms with Gasteiger partial charge in [0.05, 0.1) is 12.1 Å². The third-order valence-electron chi connectivity index (χ3n) is 1.99. The molecule has 0 saturated heterocycles. The molecule has 1 rings (SSSR count). The highest BCUT2D eigenvalue weighted by Crippen LogP contribution is 2.15. The molecule has 1 aromatic carbocycles. The Bertz CT molecular complexity index is 427. The highest BCUT2D eigenvalue weighted by atomic mass is 19.1. The van der Waals surface area contributed by atoms with Gasteiger partial charge in [0, 0.05) is 6.54 Å². The SMILES string of the molecule is CC(C)(C)OC(=O)CCNc1cc(F)ccc1F. The molecule has 0 atom stereocenters. The summed E-state index contributed by atoms with van der Waals surface area (Å²) in [5, 5.41) is 2.65. The Labute approximate surface area is 105 Å². The van der Waals surface area contributed by atoms with E-state index in [2.05, 4.69) is 5.32 Å². The topological polar surface area (TPSA) is 38.3 Å². The van der Waals surface area contributed by atoms with E-state index in [9.17, 15) is 13.6 Å². The smallest absolute Gasteiger partial charge is 0.308 e. The Morgan fingerprint density at radius 3 is 2.61 bits per heavy atom. The van der Waals surface area contributed by atoms with Gasteiger partial charge < -0.3 is 10.1 Å². The van der Waals surface area contributed by atoms with E-state index in [1.807, 2.05) is 0 Å². The molecule has 18 heavy (non-hydrogen) atoms. The molecule has 1 aromatic rings. The highest BCUT2D eigenvalue weighted by Gasteiger charge is 2.15. The molecule has 0 unspecified atom stereocenters. The summed E-state index contributed by atoms with van der Waals surface area (Å²) < 4.78 is 31.2. The van der Waals surface area contributed by atoms with Gasteiger partial charge in [-0.3, -0.25) is 4.79 Å². The molecule has 0 aliphatic heterocycles. The summed E-state index contributed by atoms with van der Waals surface area (Å²) >= 11 is 0. The van der Waals surface area contributed by atoms with Crippen molar-refractivity contribution in [3.63, 3.8) is 0 Å². The Morgan fingerprint density at radius 1 is 1.33 bits per heavy atom. The lowest BCUT2D eigenvalue weighted by Crippen LogP contribution is -2.25. The van der Waals surface area contributed by atoms with E-state index in [4.69, 9.17) is 4.74 Å². The van der Waals surface area contributed by atoms with Crippen LogP contribution in [-0.4, -0.2) is 18.1 Å². The molecule has 3 nitrogen and oxygen atoms in total. The monoisotopic (exact) mass is 257 g/mol. The number of halogens is 2. The van der Waals surface area contributed by atoms with Gasteiger partial charge in [0.25, 0.3) is 0 Å². The van der Waals surface area contributed by atoms with E-state index in [-0.39, 0.29) is 24.6 Å². The minimum absolute atomic E-state index is 0.0403. The minimum atomic E-state index is -0.555. The fourth-order valence-electron chi connectivity index (χ4n) is 1.32. The summed E-state index contributed by atoms with van der Waals surface area (Å²) in [5.74, 6) is -1.47. The van der Waals surface area contributed by atoms with Crippen molar-refractivity contribution in [1.29, 1.82) is 0 Å². The molecule has 0 bridgehead atoms. The second-order valence-electron chi connectivity index (χ2n) is 4.89. The van der Waals surface area contributed by atoms with Gasteiger partial charge in [-0.1, -0.05) is 0 Å². The summed E-state index contributed by atoms with van der Waals surface area (Å²) in [5.41, 5.74) is -0.500. The van der Waals surface area contributed by atoms with E-state index in [0.29, 0.717) is 0 Å². The first-order valence-corrected chi connectivity index (χ1v) is 5.69. The number of hydrogen-bond donors (Lipinski definition) is 1. The fourth-order valence-corrected chi connectivity index (χ4v) is 1.32. The first-order chi connectivity index (χ1) is 8.28. The Hall–Kier alpha value is -1.65. The lowest BCUT2D eigenvalue weighted by atomic mass is 10.2. The van der Waals surface area contributed by atoms with Crippen molar-refractivity contribution in [3.8, 4) is 0 Å². The summed E-state index contributed by atoms with van der Waals surface area (Å²) in [4.78, 5) is 11.4. The van der Waals surface area contributed by atoms with Crippen LogP contribution >= 0.6 is 0 Å². The quantitative estimate of drug-likeness (QED) is 0.842. The lowest BCUT2D eigenvalue weighted by Gasteiger charge is -2.19. The van der Waals surface area contributed by atoms with Crippen LogP contribution in [0.25, 0.3) is 0 Å². The molecule has 100 valence electrons. The second-order valence-corrected chi connectivity index (χ2v) is 4.89. The number of ether oxygens (including phenoxy) is 1. The highest BCUT2D eigenvalue weighted by molar-refractivity contribution is 5.70. The van der Waals surface area contributed by atoms with Crippen molar-refractivity contribution < 1.29 is 18.3 Å². The number of rotatable bonds is 4. The number of benzene rings is 1. The number of esters is 1. The largest absolute Gasteiger partial charge is 0.460 e. The zero-order valence-electron chi connectivity index (χ0n) is 10.7. The summed E-state index contributed by atoms with van der Waals surface area (Å²) in [6, 6.07) is 3.12. The molecule has 0 amide bonds. The normalized spacial score (nSPS) is 11.2. The third kappa shape index (κ3) is 5.12. The van der Waals surface area contributed by atoms with Crippen LogP contribution in [0.3, 0.4) is 0 Å². The molecule has 0 saturated carbocycles. The van der Waals surface area contributed by atoms with Crippen LogP contribution in [0.15, 0.2) is 18.2 Å². The van der Waals surface area contributed by atoms with Gasteiger partial charge in [0.15, 0.2) is 0 Å². The van der Waals surface area contributed by atoms with Gasteiger partial charge in [0.2, 0.25) is 0 Å². The average Bonchev–Trinajstić information content (AvgIpc) is 2.20. The summed E-state index contributed by atoms with van der Waals surface area (Å²) in [6.45, 7) is 5.50. The average molecular weight is 257 g/mol. The second kappa shape index (κ2) is 5.80. The number of hydrogen-bond acceptors (Lipinski definition) is 3. The molecular weight excluding hydrogens is 240 g/mol. The standard InChI is InChI=1S/C13H17F2NO2/c1-13(2,3)18-12(17)6-7-16-11-8-9(14)4-5-10(11)15/h4-5,8,16H,6-7H2,1-3H3. The van der Waals surface area contributed by atoms with Crippen LogP contribution in [0, 0.1) is 11.6 Å². The molecule has 0 aliphatic carbocycles. The van der Waals surface area contributed by atoms with Crippen LogP contribution in [0.4, 0.5) is 14.5 Å². The maximum Gasteiger partial charge on any atom is 0.308 e. The zero-order valence-corrected chi connectivity index (χ0v) is 10.7. The molecule has 1 N–H and O–H groups in total. The lowest BCUT2D eigenvalue weighted by molar-refractivity contribution is -0.154. The molecule has 0 radical (unpaired) electrons. The Kier molecular flexibility index (Phi) is 4.64. The van der Waals surface area contributed by atoms with Gasteiger partial charge in [-0.15, -0.1) is 0 Å². The van der Waals surface area contributed by atoms with Gasteiger partial charge in [-0.25, -0.2) is 8.78 Å².